The molecule has 2 aromatic carbocycles. The summed E-state index contributed by atoms with van der Waals surface area (Å²) in [5.74, 6) is 0.896. The molecule has 0 saturated heterocycles. The average Bonchev–Trinajstić information content (AvgIpc) is 2.54. The fourth-order valence-electron chi connectivity index (χ4n) is 2.22. The number of nitrogens with one attached hydrogen (secondary N) is 1. The first-order valence-electron chi connectivity index (χ1n) is 7.85. The van der Waals surface area contributed by atoms with Crippen molar-refractivity contribution in [3.63, 3.8) is 0 Å². The average molecular weight is 376 g/mol. The lowest BCUT2D eigenvalue weighted by Gasteiger charge is -2.09. The van der Waals surface area contributed by atoms with Crippen LogP contribution in [0.2, 0.25) is 0 Å². The standard InChI is InChI=1S/C19H22BrNO2/c1-15-9-10-18(17(20)14-15)23-13-5-8-19(22)21-12-11-16-6-3-2-4-7-16/h2-4,6-7,9-10,14H,5,8,11-13H2,1H3,(H,21,22). The molecule has 1 amide bonds. The van der Waals surface area contributed by atoms with E-state index in [1.165, 1.54) is 11.1 Å². The van der Waals surface area contributed by atoms with Gasteiger partial charge in [0.05, 0.1) is 11.1 Å². The van der Waals surface area contributed by atoms with Gasteiger partial charge in [0, 0.05) is 13.0 Å². The predicted octanol–water partition coefficient (Wildman–Crippen LogP) is 4.28. The third-order valence-corrected chi connectivity index (χ3v) is 4.09. The first-order valence-corrected chi connectivity index (χ1v) is 8.64. The number of aryl methyl sites for hydroxylation is 1. The molecule has 122 valence electrons. The van der Waals surface area contributed by atoms with E-state index in [-0.39, 0.29) is 5.91 Å². The third kappa shape index (κ3) is 6.45. The van der Waals surface area contributed by atoms with Crippen LogP contribution in [0.4, 0.5) is 0 Å². The van der Waals surface area contributed by atoms with Crippen LogP contribution in [0.1, 0.15) is 24.0 Å². The first kappa shape index (κ1) is 17.5. The van der Waals surface area contributed by atoms with E-state index in [4.69, 9.17) is 4.74 Å². The molecule has 0 spiro atoms. The van der Waals surface area contributed by atoms with E-state index >= 15 is 0 Å². The van der Waals surface area contributed by atoms with Gasteiger partial charge in [-0.2, -0.15) is 0 Å². The Morgan fingerprint density at radius 1 is 1.17 bits per heavy atom. The van der Waals surface area contributed by atoms with Crippen LogP contribution in [0.25, 0.3) is 0 Å². The van der Waals surface area contributed by atoms with Crippen LogP contribution in [0.5, 0.6) is 5.75 Å². The molecule has 0 radical (unpaired) electrons. The van der Waals surface area contributed by atoms with Crippen LogP contribution in [0.3, 0.4) is 0 Å². The SMILES string of the molecule is Cc1ccc(OCCCC(=O)NCCc2ccccc2)c(Br)c1. The number of ether oxygens (including phenoxy) is 1. The van der Waals surface area contributed by atoms with Crippen LogP contribution < -0.4 is 10.1 Å². The topological polar surface area (TPSA) is 38.3 Å². The molecule has 3 nitrogen and oxygen atoms in total. The first-order chi connectivity index (χ1) is 11.1. The van der Waals surface area contributed by atoms with Crippen LogP contribution >= 0.6 is 15.9 Å². The number of carbonyl (C=O) groups excluding carboxylic acids is 1. The molecule has 0 atom stereocenters. The molecule has 0 unspecified atom stereocenters. The van der Waals surface area contributed by atoms with Crippen molar-refractivity contribution >= 4 is 21.8 Å². The van der Waals surface area contributed by atoms with Crippen molar-refractivity contribution in [2.45, 2.75) is 26.2 Å². The van der Waals surface area contributed by atoms with E-state index in [1.54, 1.807) is 0 Å². The summed E-state index contributed by atoms with van der Waals surface area (Å²) in [6.07, 6.45) is 2.05. The Morgan fingerprint density at radius 2 is 1.96 bits per heavy atom. The molecule has 4 heteroatoms. The van der Waals surface area contributed by atoms with Gasteiger partial charge in [0.1, 0.15) is 5.75 Å². The van der Waals surface area contributed by atoms with Gasteiger partial charge in [-0.15, -0.1) is 0 Å². The Labute approximate surface area is 146 Å². The number of carbonyl (C=O) groups is 1. The van der Waals surface area contributed by atoms with Gasteiger partial charge >= 0.3 is 0 Å². The van der Waals surface area contributed by atoms with Gasteiger partial charge in [-0.05, 0) is 59.0 Å². The predicted molar refractivity (Wildman–Crippen MR) is 96.8 cm³/mol. The van der Waals surface area contributed by atoms with Gasteiger partial charge in [0.2, 0.25) is 5.91 Å². The maximum Gasteiger partial charge on any atom is 0.220 e. The molecule has 2 rings (SSSR count). The lowest BCUT2D eigenvalue weighted by Crippen LogP contribution is -2.25. The van der Waals surface area contributed by atoms with E-state index in [1.807, 2.05) is 43.3 Å². The second-order valence-electron chi connectivity index (χ2n) is 5.47. The van der Waals surface area contributed by atoms with Crippen molar-refractivity contribution in [2.24, 2.45) is 0 Å². The zero-order valence-electron chi connectivity index (χ0n) is 13.3. The normalized spacial score (nSPS) is 10.3. The summed E-state index contributed by atoms with van der Waals surface area (Å²) in [7, 11) is 0. The van der Waals surface area contributed by atoms with Crippen molar-refractivity contribution in [3.8, 4) is 5.75 Å². The molecule has 1 N–H and O–H groups in total. The zero-order chi connectivity index (χ0) is 16.5. The highest BCUT2D eigenvalue weighted by atomic mass is 79.9. The van der Waals surface area contributed by atoms with Gasteiger partial charge in [-0.3, -0.25) is 4.79 Å². The van der Waals surface area contributed by atoms with E-state index in [2.05, 4.69) is 33.4 Å². The Bertz CT molecular complexity index is 629. The molecular weight excluding hydrogens is 354 g/mol. The highest BCUT2D eigenvalue weighted by Gasteiger charge is 2.03. The Morgan fingerprint density at radius 3 is 2.70 bits per heavy atom. The number of hydrogen-bond acceptors (Lipinski definition) is 2. The Kier molecular flexibility index (Phi) is 7.14. The van der Waals surface area contributed by atoms with E-state index in [0.29, 0.717) is 26.0 Å². The summed E-state index contributed by atoms with van der Waals surface area (Å²) >= 11 is 3.48. The maximum atomic E-state index is 11.8. The largest absolute Gasteiger partial charge is 0.492 e. The third-order valence-electron chi connectivity index (χ3n) is 3.47. The number of rotatable bonds is 8. The van der Waals surface area contributed by atoms with Crippen LogP contribution in [-0.2, 0) is 11.2 Å². The van der Waals surface area contributed by atoms with Crippen molar-refractivity contribution in [1.82, 2.24) is 5.32 Å². The summed E-state index contributed by atoms with van der Waals surface area (Å²) in [4.78, 5) is 11.8. The summed E-state index contributed by atoms with van der Waals surface area (Å²) in [6, 6.07) is 16.1. The molecule has 0 bridgehead atoms. The Balaban J connectivity index is 1.59. The summed E-state index contributed by atoms with van der Waals surface area (Å²) in [5, 5.41) is 2.94. The second kappa shape index (κ2) is 9.36. The minimum atomic E-state index is 0.0764. The number of hydrogen-bond donors (Lipinski definition) is 1. The quantitative estimate of drug-likeness (QED) is 0.699. The molecule has 0 heterocycles. The second-order valence-corrected chi connectivity index (χ2v) is 6.33. The van der Waals surface area contributed by atoms with Gasteiger partial charge in [-0.25, -0.2) is 0 Å². The minimum Gasteiger partial charge on any atom is -0.492 e. The number of amides is 1. The zero-order valence-corrected chi connectivity index (χ0v) is 14.9. The number of benzene rings is 2. The van der Waals surface area contributed by atoms with Gasteiger partial charge in [-0.1, -0.05) is 36.4 Å². The lowest BCUT2D eigenvalue weighted by molar-refractivity contribution is -0.121. The van der Waals surface area contributed by atoms with Crippen molar-refractivity contribution < 1.29 is 9.53 Å². The van der Waals surface area contributed by atoms with Crippen molar-refractivity contribution in [2.75, 3.05) is 13.2 Å². The van der Waals surface area contributed by atoms with Crippen LogP contribution in [0.15, 0.2) is 53.0 Å². The molecular formula is C19H22BrNO2. The van der Waals surface area contributed by atoms with Crippen molar-refractivity contribution in [3.05, 3.63) is 64.1 Å². The molecule has 0 aliphatic heterocycles. The van der Waals surface area contributed by atoms with E-state index < -0.39 is 0 Å². The van der Waals surface area contributed by atoms with Gasteiger partial charge in [0.15, 0.2) is 0 Å². The van der Waals surface area contributed by atoms with E-state index in [0.717, 1.165) is 16.6 Å². The molecule has 23 heavy (non-hydrogen) atoms. The molecule has 0 saturated carbocycles. The molecule has 0 aromatic heterocycles. The fraction of sp³-hybridized carbons (Fsp3) is 0.316. The van der Waals surface area contributed by atoms with E-state index in [9.17, 15) is 4.79 Å². The monoisotopic (exact) mass is 375 g/mol. The van der Waals surface area contributed by atoms with Gasteiger partial charge < -0.3 is 10.1 Å². The molecule has 0 fully saturated rings. The molecule has 0 aliphatic carbocycles. The highest BCUT2D eigenvalue weighted by molar-refractivity contribution is 9.10. The number of halogens is 1. The maximum absolute atomic E-state index is 11.8. The van der Waals surface area contributed by atoms with Crippen molar-refractivity contribution in [1.29, 1.82) is 0 Å². The van der Waals surface area contributed by atoms with Gasteiger partial charge in [0.25, 0.3) is 0 Å². The fourth-order valence-corrected chi connectivity index (χ4v) is 2.82. The smallest absolute Gasteiger partial charge is 0.220 e. The molecule has 0 aliphatic rings. The molecule has 2 aromatic rings. The van der Waals surface area contributed by atoms with Crippen LogP contribution in [-0.4, -0.2) is 19.1 Å². The van der Waals surface area contributed by atoms with Crippen LogP contribution in [0, 0.1) is 6.92 Å². The summed E-state index contributed by atoms with van der Waals surface area (Å²) < 4.78 is 6.64. The summed E-state index contributed by atoms with van der Waals surface area (Å²) in [5.41, 5.74) is 2.42. The summed E-state index contributed by atoms with van der Waals surface area (Å²) in [6.45, 7) is 3.25. The highest BCUT2D eigenvalue weighted by Crippen LogP contribution is 2.25. The Hall–Kier alpha value is -1.81. The minimum absolute atomic E-state index is 0.0764. The lowest BCUT2D eigenvalue weighted by atomic mass is 10.1.